The molecule has 1 aliphatic rings. The normalized spacial score (nSPS) is 15.1. The number of hydrogen-bond donors (Lipinski definition) is 1. The summed E-state index contributed by atoms with van der Waals surface area (Å²) in [5.41, 5.74) is 5.19. The molecule has 0 aliphatic heterocycles. The molecule has 0 atom stereocenters. The van der Waals surface area contributed by atoms with Crippen molar-refractivity contribution in [3.05, 3.63) is 70.8 Å². The van der Waals surface area contributed by atoms with E-state index >= 15 is 0 Å². The third-order valence-corrected chi connectivity index (χ3v) is 5.78. The van der Waals surface area contributed by atoms with Crippen molar-refractivity contribution in [1.82, 2.24) is 4.90 Å². The molecule has 0 saturated heterocycles. The van der Waals surface area contributed by atoms with Gasteiger partial charge in [-0.05, 0) is 36.0 Å². The second kappa shape index (κ2) is 10.4. The van der Waals surface area contributed by atoms with Gasteiger partial charge in [-0.2, -0.15) is 0 Å². The Morgan fingerprint density at radius 3 is 2.29 bits per heavy atom. The minimum atomic E-state index is -0.736. The first kappa shape index (κ1) is 20.6. The summed E-state index contributed by atoms with van der Waals surface area (Å²) in [7, 11) is 0. The highest BCUT2D eigenvalue weighted by Gasteiger charge is 2.15. The van der Waals surface area contributed by atoms with Gasteiger partial charge in [0, 0.05) is 19.6 Å². The smallest absolute Gasteiger partial charge is 0.304 e. The van der Waals surface area contributed by atoms with E-state index in [2.05, 4.69) is 60.4 Å². The molecule has 0 bridgehead atoms. The first-order valence-electron chi connectivity index (χ1n) is 10.7. The Hall–Kier alpha value is -2.13. The molecule has 0 aromatic heterocycles. The summed E-state index contributed by atoms with van der Waals surface area (Å²) in [6, 6.07) is 17.4. The van der Waals surface area contributed by atoms with Crippen LogP contribution in [-0.2, 0) is 24.3 Å². The topological polar surface area (TPSA) is 40.5 Å². The number of carboxylic acids is 1. The molecule has 0 spiro atoms. The molecule has 0 amide bonds. The summed E-state index contributed by atoms with van der Waals surface area (Å²) in [5.74, 6) is 0.0969. The molecular formula is C25H33NO2. The van der Waals surface area contributed by atoms with E-state index in [0.717, 1.165) is 19.0 Å². The number of nitrogens with zero attached hydrogens (tertiary/aromatic N) is 1. The van der Waals surface area contributed by atoms with E-state index in [4.69, 9.17) is 5.11 Å². The third kappa shape index (κ3) is 6.79. The molecule has 2 aromatic rings. The van der Waals surface area contributed by atoms with Gasteiger partial charge in [0.25, 0.3) is 0 Å². The van der Waals surface area contributed by atoms with E-state index in [1.807, 2.05) is 0 Å². The minimum absolute atomic E-state index is 0.174. The highest BCUT2D eigenvalue weighted by Crippen LogP contribution is 2.27. The van der Waals surface area contributed by atoms with E-state index < -0.39 is 5.97 Å². The second-order valence-corrected chi connectivity index (χ2v) is 8.37. The van der Waals surface area contributed by atoms with Gasteiger partial charge in [-0.25, -0.2) is 0 Å². The monoisotopic (exact) mass is 379 g/mol. The average molecular weight is 380 g/mol. The van der Waals surface area contributed by atoms with Crippen molar-refractivity contribution in [2.75, 3.05) is 6.54 Å². The minimum Gasteiger partial charge on any atom is -0.481 e. The summed E-state index contributed by atoms with van der Waals surface area (Å²) in [6.45, 7) is 4.23. The van der Waals surface area contributed by atoms with Crippen LogP contribution in [0.15, 0.2) is 48.5 Å². The molecule has 0 unspecified atom stereocenters. The zero-order chi connectivity index (χ0) is 19.8. The predicted molar refractivity (Wildman–Crippen MR) is 114 cm³/mol. The lowest BCUT2D eigenvalue weighted by molar-refractivity contribution is -0.137. The summed E-state index contributed by atoms with van der Waals surface area (Å²) >= 11 is 0. The van der Waals surface area contributed by atoms with Crippen LogP contribution in [0.1, 0.15) is 60.8 Å². The van der Waals surface area contributed by atoms with Gasteiger partial charge in [-0.1, -0.05) is 86.2 Å². The lowest BCUT2D eigenvalue weighted by Crippen LogP contribution is -2.25. The Morgan fingerprint density at radius 1 is 0.964 bits per heavy atom. The lowest BCUT2D eigenvalue weighted by Gasteiger charge is -2.24. The van der Waals surface area contributed by atoms with Gasteiger partial charge in [0.1, 0.15) is 0 Å². The molecule has 1 aliphatic carbocycles. The van der Waals surface area contributed by atoms with Crippen LogP contribution in [0.3, 0.4) is 0 Å². The quantitative estimate of drug-likeness (QED) is 0.617. The van der Waals surface area contributed by atoms with Crippen molar-refractivity contribution in [3.63, 3.8) is 0 Å². The number of aryl methyl sites for hydroxylation is 1. The van der Waals surface area contributed by atoms with Crippen LogP contribution in [0, 0.1) is 12.8 Å². The van der Waals surface area contributed by atoms with Crippen molar-refractivity contribution >= 4 is 5.97 Å². The molecule has 0 radical (unpaired) electrons. The Kier molecular flexibility index (Phi) is 7.67. The van der Waals surface area contributed by atoms with Crippen molar-refractivity contribution in [3.8, 4) is 0 Å². The summed E-state index contributed by atoms with van der Waals surface area (Å²) < 4.78 is 0. The highest BCUT2D eigenvalue weighted by atomic mass is 16.4. The first-order chi connectivity index (χ1) is 13.6. The molecule has 0 heterocycles. The van der Waals surface area contributed by atoms with E-state index in [9.17, 15) is 4.79 Å². The maximum absolute atomic E-state index is 11.1. The fourth-order valence-electron chi connectivity index (χ4n) is 4.37. The standard InChI is InChI=1S/C25H33NO2/c1-20-7-5-11-23(15-20)18-26(14-13-25(27)28)19-24-12-6-10-22(17-24)16-21-8-3-2-4-9-21/h5-7,10-12,15,17,21H,2-4,8-9,13-14,16,18-19H2,1H3,(H,27,28). The van der Waals surface area contributed by atoms with Crippen molar-refractivity contribution in [2.24, 2.45) is 5.92 Å². The van der Waals surface area contributed by atoms with Gasteiger partial charge in [0.05, 0.1) is 6.42 Å². The Balaban J connectivity index is 1.66. The first-order valence-corrected chi connectivity index (χ1v) is 10.7. The highest BCUT2D eigenvalue weighted by molar-refractivity contribution is 5.66. The molecule has 2 aromatic carbocycles. The molecular weight excluding hydrogens is 346 g/mol. The Bertz CT molecular complexity index is 765. The average Bonchev–Trinajstić information content (AvgIpc) is 2.67. The van der Waals surface area contributed by atoms with E-state index in [0.29, 0.717) is 6.54 Å². The maximum atomic E-state index is 11.1. The van der Waals surface area contributed by atoms with Crippen LogP contribution in [0.2, 0.25) is 0 Å². The van der Waals surface area contributed by atoms with Crippen LogP contribution >= 0.6 is 0 Å². The number of rotatable bonds is 9. The summed E-state index contributed by atoms with van der Waals surface area (Å²) in [4.78, 5) is 13.4. The predicted octanol–water partition coefficient (Wildman–Crippen LogP) is 5.59. The van der Waals surface area contributed by atoms with Crippen LogP contribution in [-0.4, -0.2) is 22.5 Å². The largest absolute Gasteiger partial charge is 0.481 e. The zero-order valence-electron chi connectivity index (χ0n) is 17.1. The number of carboxylic acid groups (broad SMARTS) is 1. The number of carbonyl (C=O) groups is 1. The second-order valence-electron chi connectivity index (χ2n) is 8.37. The third-order valence-electron chi connectivity index (χ3n) is 5.78. The number of hydrogen-bond acceptors (Lipinski definition) is 2. The van der Waals surface area contributed by atoms with Gasteiger partial charge >= 0.3 is 5.97 Å². The van der Waals surface area contributed by atoms with E-state index in [-0.39, 0.29) is 6.42 Å². The van der Waals surface area contributed by atoms with Gasteiger partial charge < -0.3 is 5.11 Å². The van der Waals surface area contributed by atoms with Crippen LogP contribution in [0.5, 0.6) is 0 Å². The Labute approximate surface area is 169 Å². The van der Waals surface area contributed by atoms with Gasteiger partial charge in [0.15, 0.2) is 0 Å². The molecule has 3 nitrogen and oxygen atoms in total. The molecule has 150 valence electrons. The molecule has 28 heavy (non-hydrogen) atoms. The molecule has 1 saturated carbocycles. The lowest BCUT2D eigenvalue weighted by atomic mass is 9.84. The van der Waals surface area contributed by atoms with Crippen molar-refractivity contribution in [1.29, 1.82) is 0 Å². The number of aliphatic carboxylic acids is 1. The number of benzene rings is 2. The SMILES string of the molecule is Cc1cccc(CN(CCC(=O)O)Cc2cccc(CC3CCCCC3)c2)c1. The molecule has 1 N–H and O–H groups in total. The fraction of sp³-hybridized carbons (Fsp3) is 0.480. The van der Waals surface area contributed by atoms with Gasteiger partial charge in [0.2, 0.25) is 0 Å². The molecule has 1 fully saturated rings. The van der Waals surface area contributed by atoms with E-state index in [1.54, 1.807) is 0 Å². The van der Waals surface area contributed by atoms with Crippen LogP contribution < -0.4 is 0 Å². The fourth-order valence-corrected chi connectivity index (χ4v) is 4.37. The summed E-state index contributed by atoms with van der Waals surface area (Å²) in [6.07, 6.45) is 8.24. The van der Waals surface area contributed by atoms with Crippen LogP contribution in [0.25, 0.3) is 0 Å². The molecule has 3 heteroatoms. The maximum Gasteiger partial charge on any atom is 0.304 e. The van der Waals surface area contributed by atoms with Crippen LogP contribution in [0.4, 0.5) is 0 Å². The van der Waals surface area contributed by atoms with Crippen molar-refractivity contribution in [2.45, 2.75) is 65.0 Å². The molecule has 3 rings (SSSR count). The Morgan fingerprint density at radius 2 is 1.61 bits per heavy atom. The zero-order valence-corrected chi connectivity index (χ0v) is 17.1. The van der Waals surface area contributed by atoms with Gasteiger partial charge in [-0.3, -0.25) is 9.69 Å². The van der Waals surface area contributed by atoms with E-state index in [1.165, 1.54) is 60.8 Å². The summed E-state index contributed by atoms with van der Waals surface area (Å²) in [5, 5.41) is 9.14. The van der Waals surface area contributed by atoms with Gasteiger partial charge in [-0.15, -0.1) is 0 Å². The van der Waals surface area contributed by atoms with Crippen molar-refractivity contribution < 1.29 is 9.90 Å².